The monoisotopic (exact) mass is 178 g/mol. The van der Waals surface area contributed by atoms with E-state index in [0.717, 1.165) is 11.3 Å². The van der Waals surface area contributed by atoms with Crippen molar-refractivity contribution >= 4 is 23.3 Å². The number of hydrogen-bond acceptors (Lipinski definition) is 6. The first kappa shape index (κ1) is 7.78. The first-order chi connectivity index (χ1) is 6.22. The molecule has 6 nitrogen and oxygen atoms in total. The number of aromatic nitrogens is 2. The molecule has 68 valence electrons. The van der Waals surface area contributed by atoms with Crippen LogP contribution >= 0.6 is 0 Å². The van der Waals surface area contributed by atoms with Gasteiger partial charge in [-0.15, -0.1) is 0 Å². The van der Waals surface area contributed by atoms with E-state index in [0.29, 0.717) is 18.2 Å². The second-order valence-corrected chi connectivity index (χ2v) is 2.71. The third-order valence-electron chi connectivity index (χ3n) is 1.94. The molecule has 0 saturated carbocycles. The number of hydrogen-bond donors (Lipinski definition) is 3. The van der Waals surface area contributed by atoms with Gasteiger partial charge in [-0.1, -0.05) is 0 Å². The summed E-state index contributed by atoms with van der Waals surface area (Å²) < 4.78 is 0. The maximum Gasteiger partial charge on any atom is 0.223 e. The van der Waals surface area contributed by atoms with Gasteiger partial charge in [-0.2, -0.15) is 9.97 Å². The van der Waals surface area contributed by atoms with E-state index in [9.17, 15) is 0 Å². The lowest BCUT2D eigenvalue weighted by atomic mass is 10.2. The van der Waals surface area contributed by atoms with Gasteiger partial charge in [-0.05, 0) is 0 Å². The van der Waals surface area contributed by atoms with E-state index in [2.05, 4.69) is 20.3 Å². The summed E-state index contributed by atoms with van der Waals surface area (Å²) in [6, 6.07) is 0. The van der Waals surface area contributed by atoms with Crippen LogP contribution in [-0.4, -0.2) is 29.3 Å². The van der Waals surface area contributed by atoms with Crippen LogP contribution in [0.4, 0.5) is 17.6 Å². The Morgan fingerprint density at radius 1 is 1.38 bits per heavy atom. The lowest BCUT2D eigenvalue weighted by molar-refractivity contribution is 1.19. The molecule has 0 fully saturated rings. The minimum Gasteiger partial charge on any atom is -0.383 e. The van der Waals surface area contributed by atoms with Crippen molar-refractivity contribution in [2.45, 2.75) is 0 Å². The predicted octanol–water partition coefficient (Wildman–Crippen LogP) is -0.515. The molecular formula is C7H10N6. The summed E-state index contributed by atoms with van der Waals surface area (Å²) in [7, 11) is 1.71. The Morgan fingerprint density at radius 2 is 2.15 bits per heavy atom. The average molecular weight is 178 g/mol. The SMILES string of the molecule is CN=C1CNc2nc(N)nc(N)c21. The van der Waals surface area contributed by atoms with Gasteiger partial charge in [-0.3, -0.25) is 4.99 Å². The molecule has 0 amide bonds. The van der Waals surface area contributed by atoms with Crippen LogP contribution in [0.25, 0.3) is 0 Å². The number of aliphatic imine (C=N–C) groups is 1. The number of nitrogens with one attached hydrogen (secondary N) is 1. The molecule has 2 rings (SSSR count). The molecule has 1 aromatic heterocycles. The Morgan fingerprint density at radius 3 is 2.85 bits per heavy atom. The highest BCUT2D eigenvalue weighted by atomic mass is 15.1. The predicted molar refractivity (Wildman–Crippen MR) is 51.8 cm³/mol. The maximum absolute atomic E-state index is 5.69. The topological polar surface area (TPSA) is 102 Å². The number of anilines is 3. The van der Waals surface area contributed by atoms with Crippen molar-refractivity contribution < 1.29 is 0 Å². The van der Waals surface area contributed by atoms with Crippen LogP contribution in [0.2, 0.25) is 0 Å². The summed E-state index contributed by atoms with van der Waals surface area (Å²) in [5.41, 5.74) is 12.8. The van der Waals surface area contributed by atoms with Crippen molar-refractivity contribution in [1.29, 1.82) is 0 Å². The molecule has 1 aliphatic heterocycles. The van der Waals surface area contributed by atoms with Crippen LogP contribution in [0.3, 0.4) is 0 Å². The Bertz CT molecular complexity index is 383. The van der Waals surface area contributed by atoms with Crippen LogP contribution in [-0.2, 0) is 0 Å². The van der Waals surface area contributed by atoms with E-state index in [-0.39, 0.29) is 5.95 Å². The molecule has 0 radical (unpaired) electrons. The smallest absolute Gasteiger partial charge is 0.223 e. The molecule has 0 aliphatic carbocycles. The summed E-state index contributed by atoms with van der Waals surface area (Å²) in [4.78, 5) is 11.9. The van der Waals surface area contributed by atoms with E-state index in [4.69, 9.17) is 11.5 Å². The molecule has 0 saturated heterocycles. The van der Waals surface area contributed by atoms with Gasteiger partial charge in [0.15, 0.2) is 0 Å². The molecular weight excluding hydrogens is 168 g/mol. The van der Waals surface area contributed by atoms with E-state index in [1.807, 2.05) is 0 Å². The van der Waals surface area contributed by atoms with Gasteiger partial charge in [0.1, 0.15) is 11.6 Å². The van der Waals surface area contributed by atoms with Crippen LogP contribution in [0, 0.1) is 0 Å². The van der Waals surface area contributed by atoms with Gasteiger partial charge >= 0.3 is 0 Å². The summed E-state index contributed by atoms with van der Waals surface area (Å²) in [6.45, 7) is 0.633. The second kappa shape index (κ2) is 2.58. The highest BCUT2D eigenvalue weighted by Crippen LogP contribution is 2.25. The molecule has 1 aromatic rings. The zero-order valence-corrected chi connectivity index (χ0v) is 7.20. The number of nitrogen functional groups attached to an aromatic ring is 2. The van der Waals surface area contributed by atoms with Crippen LogP contribution in [0.15, 0.2) is 4.99 Å². The molecule has 2 heterocycles. The highest BCUT2D eigenvalue weighted by molar-refractivity contribution is 6.13. The van der Waals surface area contributed by atoms with Crippen LogP contribution < -0.4 is 16.8 Å². The summed E-state index contributed by atoms with van der Waals surface area (Å²) in [5, 5.41) is 3.04. The normalized spacial score (nSPS) is 17.2. The molecule has 0 bridgehead atoms. The Hall–Kier alpha value is -1.85. The Balaban J connectivity index is 2.65. The summed E-state index contributed by atoms with van der Waals surface area (Å²) >= 11 is 0. The van der Waals surface area contributed by atoms with Gasteiger partial charge in [0, 0.05) is 7.05 Å². The van der Waals surface area contributed by atoms with Crippen molar-refractivity contribution in [3.05, 3.63) is 5.56 Å². The number of fused-ring (bicyclic) bond motifs is 1. The molecule has 0 aromatic carbocycles. The minimum atomic E-state index is 0.182. The van der Waals surface area contributed by atoms with E-state index >= 15 is 0 Å². The Kier molecular flexibility index (Phi) is 1.54. The molecule has 5 N–H and O–H groups in total. The van der Waals surface area contributed by atoms with E-state index < -0.39 is 0 Å². The molecule has 13 heavy (non-hydrogen) atoms. The van der Waals surface area contributed by atoms with Gasteiger partial charge in [0.25, 0.3) is 0 Å². The summed E-state index contributed by atoms with van der Waals surface area (Å²) in [5.74, 6) is 1.24. The van der Waals surface area contributed by atoms with Crippen LogP contribution in [0.1, 0.15) is 5.56 Å². The first-order valence-corrected chi connectivity index (χ1v) is 3.85. The quantitative estimate of drug-likeness (QED) is 0.496. The third-order valence-corrected chi connectivity index (χ3v) is 1.94. The molecule has 6 heteroatoms. The van der Waals surface area contributed by atoms with Crippen molar-refractivity contribution in [1.82, 2.24) is 9.97 Å². The fraction of sp³-hybridized carbons (Fsp3) is 0.286. The fourth-order valence-electron chi connectivity index (χ4n) is 1.36. The van der Waals surface area contributed by atoms with Gasteiger partial charge in [0.05, 0.1) is 17.8 Å². The highest BCUT2D eigenvalue weighted by Gasteiger charge is 2.22. The van der Waals surface area contributed by atoms with Crippen LogP contribution in [0.5, 0.6) is 0 Å². The zero-order valence-electron chi connectivity index (χ0n) is 7.20. The molecule has 0 atom stereocenters. The lowest BCUT2D eigenvalue weighted by Crippen LogP contribution is -2.07. The van der Waals surface area contributed by atoms with Gasteiger partial charge in [0.2, 0.25) is 5.95 Å². The molecule has 0 spiro atoms. The van der Waals surface area contributed by atoms with Gasteiger partial charge in [-0.25, -0.2) is 0 Å². The first-order valence-electron chi connectivity index (χ1n) is 3.85. The fourth-order valence-corrected chi connectivity index (χ4v) is 1.36. The molecule has 1 aliphatic rings. The molecule has 0 unspecified atom stereocenters. The van der Waals surface area contributed by atoms with Crippen molar-refractivity contribution in [2.24, 2.45) is 4.99 Å². The number of rotatable bonds is 0. The largest absolute Gasteiger partial charge is 0.383 e. The maximum atomic E-state index is 5.69. The number of nitrogens with zero attached hydrogens (tertiary/aromatic N) is 3. The van der Waals surface area contributed by atoms with Crippen molar-refractivity contribution in [3.8, 4) is 0 Å². The zero-order chi connectivity index (χ0) is 9.42. The average Bonchev–Trinajstić information content (AvgIpc) is 2.47. The second-order valence-electron chi connectivity index (χ2n) is 2.71. The van der Waals surface area contributed by atoms with E-state index in [1.54, 1.807) is 7.05 Å². The number of nitrogens with two attached hydrogens (primary N) is 2. The standard InChI is InChI=1S/C7H10N6/c1-10-3-2-11-6-4(3)5(8)12-7(9)13-6/h2H2,1H3,(H5,8,9,11,12,13). The van der Waals surface area contributed by atoms with E-state index in [1.165, 1.54) is 0 Å². The Labute approximate surface area is 75.1 Å². The van der Waals surface area contributed by atoms with Gasteiger partial charge < -0.3 is 16.8 Å². The van der Waals surface area contributed by atoms with Crippen molar-refractivity contribution in [3.63, 3.8) is 0 Å². The lowest BCUT2D eigenvalue weighted by Gasteiger charge is -2.02. The van der Waals surface area contributed by atoms with Crippen molar-refractivity contribution in [2.75, 3.05) is 30.4 Å². The summed E-state index contributed by atoms with van der Waals surface area (Å²) in [6.07, 6.45) is 0. The minimum absolute atomic E-state index is 0.182. The third kappa shape index (κ3) is 1.07.